The number of aromatic nitrogens is 1. The standard InChI is InChI=1S/C18H24N2O4/c1-12-3-2-4-17(23)20(12)8-6-16(22)19-9-14-13(10-21)15-5-7-18(14,11-19)24-15/h2-4,13-15,21H,5-11H2,1H3/t13-,14+,15+,18+/m1/s1. The molecule has 130 valence electrons. The molecule has 24 heavy (non-hydrogen) atoms. The Hall–Kier alpha value is -1.66. The van der Waals surface area contributed by atoms with Crippen LogP contribution in [0.25, 0.3) is 0 Å². The average Bonchev–Trinajstić information content (AvgIpc) is 3.21. The first-order valence-corrected chi connectivity index (χ1v) is 8.77. The van der Waals surface area contributed by atoms with E-state index in [4.69, 9.17) is 4.74 Å². The third kappa shape index (κ3) is 2.31. The molecule has 3 aliphatic rings. The minimum atomic E-state index is -0.229. The molecule has 1 aromatic heterocycles. The molecular formula is C18H24N2O4. The van der Waals surface area contributed by atoms with E-state index in [1.54, 1.807) is 10.6 Å². The first kappa shape index (κ1) is 15.8. The van der Waals surface area contributed by atoms with Gasteiger partial charge in [-0.05, 0) is 25.8 Å². The van der Waals surface area contributed by atoms with Crippen LogP contribution in [-0.4, -0.2) is 51.9 Å². The summed E-state index contributed by atoms with van der Waals surface area (Å²) in [5.41, 5.74) is 0.573. The Kier molecular flexibility index (Phi) is 3.77. The fourth-order valence-electron chi connectivity index (χ4n) is 4.90. The normalized spacial score (nSPS) is 33.9. The van der Waals surface area contributed by atoms with Crippen LogP contribution in [0.1, 0.15) is 25.0 Å². The highest BCUT2D eigenvalue weighted by molar-refractivity contribution is 5.76. The maximum absolute atomic E-state index is 12.6. The first-order valence-electron chi connectivity index (χ1n) is 8.77. The highest BCUT2D eigenvalue weighted by Crippen LogP contribution is 2.54. The topological polar surface area (TPSA) is 71.8 Å². The molecular weight excluding hydrogens is 308 g/mol. The fourth-order valence-corrected chi connectivity index (χ4v) is 4.90. The number of fused-ring (bicyclic) bond motifs is 1. The molecule has 4 atom stereocenters. The Balaban J connectivity index is 1.43. The van der Waals surface area contributed by atoms with Gasteiger partial charge in [-0.25, -0.2) is 0 Å². The lowest BCUT2D eigenvalue weighted by atomic mass is 9.74. The molecule has 6 heteroatoms. The second-order valence-corrected chi connectivity index (χ2v) is 7.39. The van der Waals surface area contributed by atoms with E-state index in [2.05, 4.69) is 0 Å². The lowest BCUT2D eigenvalue weighted by Gasteiger charge is -2.27. The van der Waals surface area contributed by atoms with Crippen molar-refractivity contribution in [3.8, 4) is 0 Å². The minimum Gasteiger partial charge on any atom is -0.396 e. The van der Waals surface area contributed by atoms with Gasteiger partial charge in [-0.1, -0.05) is 6.07 Å². The van der Waals surface area contributed by atoms with Gasteiger partial charge in [0.15, 0.2) is 0 Å². The molecule has 0 saturated carbocycles. The first-order chi connectivity index (χ1) is 11.5. The van der Waals surface area contributed by atoms with E-state index in [1.807, 2.05) is 17.9 Å². The van der Waals surface area contributed by atoms with Crippen molar-refractivity contribution in [3.63, 3.8) is 0 Å². The zero-order valence-electron chi connectivity index (χ0n) is 14.0. The molecule has 1 amide bonds. The molecule has 0 unspecified atom stereocenters. The molecule has 1 aromatic rings. The van der Waals surface area contributed by atoms with Crippen LogP contribution in [0, 0.1) is 18.8 Å². The Morgan fingerprint density at radius 1 is 1.46 bits per heavy atom. The van der Waals surface area contributed by atoms with Crippen molar-refractivity contribution in [2.45, 2.75) is 44.4 Å². The molecule has 3 saturated heterocycles. The summed E-state index contributed by atoms with van der Waals surface area (Å²) in [6.07, 6.45) is 2.46. The van der Waals surface area contributed by atoms with Crippen LogP contribution in [0.4, 0.5) is 0 Å². The molecule has 0 aromatic carbocycles. The SMILES string of the molecule is Cc1cccc(=O)n1CCC(=O)N1C[C@H]2[C@@H](CO)[C@@H]3CC[C@@]2(C1)O3. The van der Waals surface area contributed by atoms with Gasteiger partial charge in [0, 0.05) is 49.7 Å². The third-order valence-electron chi connectivity index (χ3n) is 6.16. The number of aliphatic hydroxyl groups is 1. The van der Waals surface area contributed by atoms with Crippen molar-refractivity contribution in [1.82, 2.24) is 9.47 Å². The summed E-state index contributed by atoms with van der Waals surface area (Å²) in [4.78, 5) is 26.4. The molecule has 3 fully saturated rings. The number of pyridine rings is 1. The van der Waals surface area contributed by atoms with Crippen LogP contribution in [0.5, 0.6) is 0 Å². The quantitative estimate of drug-likeness (QED) is 0.874. The Bertz CT molecular complexity index is 715. The summed E-state index contributed by atoms with van der Waals surface area (Å²) in [7, 11) is 0. The van der Waals surface area contributed by atoms with Crippen molar-refractivity contribution in [3.05, 3.63) is 34.2 Å². The predicted octanol–water partition coefficient (Wildman–Crippen LogP) is 0.545. The summed E-state index contributed by atoms with van der Waals surface area (Å²) < 4.78 is 7.80. The summed E-state index contributed by atoms with van der Waals surface area (Å²) in [5.74, 6) is 0.486. The number of likely N-dealkylation sites (tertiary alicyclic amines) is 1. The van der Waals surface area contributed by atoms with Crippen molar-refractivity contribution in [1.29, 1.82) is 0 Å². The van der Waals surface area contributed by atoms with Crippen LogP contribution < -0.4 is 5.56 Å². The zero-order chi connectivity index (χ0) is 16.9. The zero-order valence-corrected chi connectivity index (χ0v) is 14.0. The molecule has 1 spiro atoms. The molecule has 3 aliphatic heterocycles. The second-order valence-electron chi connectivity index (χ2n) is 7.39. The highest BCUT2D eigenvalue weighted by Gasteiger charge is 2.63. The van der Waals surface area contributed by atoms with Crippen LogP contribution in [-0.2, 0) is 16.1 Å². The van der Waals surface area contributed by atoms with Crippen LogP contribution in [0.2, 0.25) is 0 Å². The van der Waals surface area contributed by atoms with Crippen molar-refractivity contribution in [2.75, 3.05) is 19.7 Å². The predicted molar refractivity (Wildman–Crippen MR) is 87.5 cm³/mol. The minimum absolute atomic E-state index is 0.0673. The van der Waals surface area contributed by atoms with Gasteiger partial charge in [0.25, 0.3) is 5.56 Å². The van der Waals surface area contributed by atoms with E-state index in [0.717, 1.165) is 18.5 Å². The Morgan fingerprint density at radius 2 is 2.29 bits per heavy atom. The maximum Gasteiger partial charge on any atom is 0.250 e. The van der Waals surface area contributed by atoms with E-state index < -0.39 is 0 Å². The molecule has 0 radical (unpaired) electrons. The molecule has 2 bridgehead atoms. The van der Waals surface area contributed by atoms with Crippen molar-refractivity contribution >= 4 is 5.91 Å². The van der Waals surface area contributed by atoms with E-state index in [0.29, 0.717) is 26.1 Å². The highest BCUT2D eigenvalue weighted by atomic mass is 16.5. The number of hydrogen-bond acceptors (Lipinski definition) is 4. The molecule has 6 nitrogen and oxygen atoms in total. The van der Waals surface area contributed by atoms with Crippen LogP contribution >= 0.6 is 0 Å². The summed E-state index contributed by atoms with van der Waals surface area (Å²) in [6.45, 7) is 3.72. The lowest BCUT2D eigenvalue weighted by molar-refractivity contribution is -0.132. The number of hydrogen-bond donors (Lipinski definition) is 1. The van der Waals surface area contributed by atoms with Gasteiger partial charge < -0.3 is 19.3 Å². The van der Waals surface area contributed by atoms with Gasteiger partial charge in [0.05, 0.1) is 18.2 Å². The van der Waals surface area contributed by atoms with Gasteiger partial charge in [0.2, 0.25) is 5.91 Å². The fraction of sp³-hybridized carbons (Fsp3) is 0.667. The van der Waals surface area contributed by atoms with Crippen molar-refractivity contribution in [2.24, 2.45) is 11.8 Å². The largest absolute Gasteiger partial charge is 0.396 e. The number of aliphatic hydroxyl groups excluding tert-OH is 1. The van der Waals surface area contributed by atoms with E-state index in [1.165, 1.54) is 6.07 Å². The second kappa shape index (κ2) is 5.70. The number of carbonyl (C=O) groups is 1. The van der Waals surface area contributed by atoms with Gasteiger partial charge in [-0.15, -0.1) is 0 Å². The van der Waals surface area contributed by atoms with E-state index in [-0.39, 0.29) is 41.6 Å². The van der Waals surface area contributed by atoms with Crippen LogP contribution in [0.15, 0.2) is 23.0 Å². The number of nitrogens with zero attached hydrogens (tertiary/aromatic N) is 2. The number of carbonyl (C=O) groups excluding carboxylic acids is 1. The molecule has 4 rings (SSSR count). The molecule has 1 N–H and O–H groups in total. The maximum atomic E-state index is 12.6. The van der Waals surface area contributed by atoms with Gasteiger partial charge >= 0.3 is 0 Å². The summed E-state index contributed by atoms with van der Waals surface area (Å²) in [5, 5.41) is 9.65. The smallest absolute Gasteiger partial charge is 0.250 e. The third-order valence-corrected chi connectivity index (χ3v) is 6.16. The van der Waals surface area contributed by atoms with Gasteiger partial charge in [0.1, 0.15) is 0 Å². The number of ether oxygens (including phenoxy) is 1. The number of aryl methyl sites for hydroxylation is 1. The lowest BCUT2D eigenvalue weighted by Crippen LogP contribution is -2.38. The Labute approximate surface area is 141 Å². The summed E-state index contributed by atoms with van der Waals surface area (Å²) in [6, 6.07) is 5.14. The van der Waals surface area contributed by atoms with Crippen LogP contribution in [0.3, 0.4) is 0 Å². The molecule has 4 heterocycles. The van der Waals surface area contributed by atoms with E-state index >= 15 is 0 Å². The van der Waals surface area contributed by atoms with E-state index in [9.17, 15) is 14.7 Å². The summed E-state index contributed by atoms with van der Waals surface area (Å²) >= 11 is 0. The number of rotatable bonds is 4. The molecule has 0 aliphatic carbocycles. The average molecular weight is 332 g/mol. The number of amides is 1. The van der Waals surface area contributed by atoms with Gasteiger partial charge in [-0.2, -0.15) is 0 Å². The van der Waals surface area contributed by atoms with Gasteiger partial charge in [-0.3, -0.25) is 9.59 Å². The Morgan fingerprint density at radius 3 is 3.04 bits per heavy atom. The van der Waals surface area contributed by atoms with Crippen molar-refractivity contribution < 1.29 is 14.6 Å². The monoisotopic (exact) mass is 332 g/mol.